The van der Waals surface area contributed by atoms with Crippen molar-refractivity contribution in [1.82, 2.24) is 10.2 Å². The predicted octanol–water partition coefficient (Wildman–Crippen LogP) is 2.66. The van der Waals surface area contributed by atoms with Gasteiger partial charge in [0.2, 0.25) is 0 Å². The molecule has 0 aromatic heterocycles. The van der Waals surface area contributed by atoms with Crippen LogP contribution < -0.4 is 14.8 Å². The average molecular weight is 292 g/mol. The van der Waals surface area contributed by atoms with Gasteiger partial charge in [0.1, 0.15) is 18.1 Å². The Balaban J connectivity index is 1.67. The van der Waals surface area contributed by atoms with Crippen LogP contribution in [0.25, 0.3) is 0 Å². The first kappa shape index (κ1) is 15.5. The number of rotatable bonds is 5. The lowest BCUT2D eigenvalue weighted by Crippen LogP contribution is -2.48. The van der Waals surface area contributed by atoms with Crippen molar-refractivity contribution >= 4 is 6.03 Å². The second kappa shape index (κ2) is 7.76. The number of likely N-dealkylation sites (tertiary alicyclic amines) is 1. The summed E-state index contributed by atoms with van der Waals surface area (Å²) >= 11 is 0. The van der Waals surface area contributed by atoms with Gasteiger partial charge in [0.25, 0.3) is 0 Å². The quantitative estimate of drug-likeness (QED) is 0.849. The lowest BCUT2D eigenvalue weighted by atomic mass is 10.0. The molecular formula is C16H24N2O3. The Morgan fingerprint density at radius 2 is 2.00 bits per heavy atom. The molecule has 21 heavy (non-hydrogen) atoms. The molecule has 5 heteroatoms. The Morgan fingerprint density at radius 3 is 2.67 bits per heavy atom. The standard InChI is InChI=1S/C16H24N2O3/c1-13-5-3-4-11-18(13)16(19)17-10-12-21-15-8-6-14(20-2)7-9-15/h6-9,13H,3-5,10-12H2,1-2H3,(H,17,19). The number of carbonyl (C=O) groups excluding carboxylic acids is 1. The summed E-state index contributed by atoms with van der Waals surface area (Å²) in [5, 5.41) is 2.91. The fourth-order valence-corrected chi connectivity index (χ4v) is 2.50. The number of hydrogen-bond donors (Lipinski definition) is 1. The minimum Gasteiger partial charge on any atom is -0.497 e. The zero-order valence-electron chi connectivity index (χ0n) is 12.8. The number of nitrogens with zero attached hydrogens (tertiary/aromatic N) is 1. The molecule has 0 saturated carbocycles. The maximum atomic E-state index is 12.0. The van der Waals surface area contributed by atoms with E-state index in [0.29, 0.717) is 19.2 Å². The minimum atomic E-state index is 0.0144. The molecule has 1 aliphatic rings. The highest BCUT2D eigenvalue weighted by molar-refractivity contribution is 5.74. The van der Waals surface area contributed by atoms with Gasteiger partial charge in [0.15, 0.2) is 0 Å². The number of ether oxygens (including phenoxy) is 2. The predicted molar refractivity (Wildman–Crippen MR) is 81.9 cm³/mol. The molecule has 0 aliphatic carbocycles. The summed E-state index contributed by atoms with van der Waals surface area (Å²) in [7, 11) is 1.63. The second-order valence-electron chi connectivity index (χ2n) is 5.29. The molecule has 1 aromatic rings. The van der Waals surface area contributed by atoms with Crippen LogP contribution in [0, 0.1) is 0 Å². The van der Waals surface area contributed by atoms with Crippen molar-refractivity contribution in [1.29, 1.82) is 0 Å². The number of carbonyl (C=O) groups is 1. The number of benzene rings is 1. The van der Waals surface area contributed by atoms with Crippen LogP contribution in [0.15, 0.2) is 24.3 Å². The monoisotopic (exact) mass is 292 g/mol. The second-order valence-corrected chi connectivity index (χ2v) is 5.29. The van der Waals surface area contributed by atoms with Gasteiger partial charge in [-0.15, -0.1) is 0 Å². The van der Waals surface area contributed by atoms with Gasteiger partial charge in [-0.1, -0.05) is 0 Å². The van der Waals surface area contributed by atoms with Gasteiger partial charge in [-0.3, -0.25) is 0 Å². The summed E-state index contributed by atoms with van der Waals surface area (Å²) in [4.78, 5) is 14.0. The number of methoxy groups -OCH3 is 1. The summed E-state index contributed by atoms with van der Waals surface area (Å²) in [6.45, 7) is 3.92. The van der Waals surface area contributed by atoms with E-state index in [2.05, 4.69) is 12.2 Å². The lowest BCUT2D eigenvalue weighted by molar-refractivity contribution is 0.156. The molecule has 1 aliphatic heterocycles. The van der Waals surface area contributed by atoms with Crippen molar-refractivity contribution in [3.05, 3.63) is 24.3 Å². The maximum Gasteiger partial charge on any atom is 0.317 e. The number of urea groups is 1. The van der Waals surface area contributed by atoms with Gasteiger partial charge in [-0.05, 0) is 50.5 Å². The van der Waals surface area contributed by atoms with E-state index in [4.69, 9.17) is 9.47 Å². The zero-order chi connectivity index (χ0) is 15.1. The van der Waals surface area contributed by atoms with Gasteiger partial charge in [0.05, 0.1) is 13.7 Å². The molecule has 0 bridgehead atoms. The van der Waals surface area contributed by atoms with Crippen molar-refractivity contribution < 1.29 is 14.3 Å². The van der Waals surface area contributed by atoms with Crippen LogP contribution in [-0.2, 0) is 0 Å². The Bertz CT molecular complexity index is 447. The molecule has 5 nitrogen and oxygen atoms in total. The molecule has 1 atom stereocenters. The van der Waals surface area contributed by atoms with E-state index in [9.17, 15) is 4.79 Å². The number of piperidine rings is 1. The first-order valence-electron chi connectivity index (χ1n) is 7.52. The summed E-state index contributed by atoms with van der Waals surface area (Å²) < 4.78 is 10.7. The first-order chi connectivity index (χ1) is 10.2. The summed E-state index contributed by atoms with van der Waals surface area (Å²) in [6.07, 6.45) is 3.40. The highest BCUT2D eigenvalue weighted by atomic mass is 16.5. The van der Waals surface area contributed by atoms with Gasteiger partial charge in [-0.25, -0.2) is 4.79 Å². The van der Waals surface area contributed by atoms with Crippen LogP contribution in [0.5, 0.6) is 11.5 Å². The molecule has 1 unspecified atom stereocenters. The van der Waals surface area contributed by atoms with E-state index in [0.717, 1.165) is 30.9 Å². The topological polar surface area (TPSA) is 50.8 Å². The van der Waals surface area contributed by atoms with Crippen molar-refractivity contribution in [3.8, 4) is 11.5 Å². The Kier molecular flexibility index (Phi) is 5.72. The van der Waals surface area contributed by atoms with E-state index in [1.54, 1.807) is 7.11 Å². The minimum absolute atomic E-state index is 0.0144. The van der Waals surface area contributed by atoms with E-state index in [1.165, 1.54) is 6.42 Å². The maximum absolute atomic E-state index is 12.0. The lowest BCUT2D eigenvalue weighted by Gasteiger charge is -2.33. The van der Waals surface area contributed by atoms with Crippen molar-refractivity contribution in [2.75, 3.05) is 26.8 Å². The third-order valence-corrected chi connectivity index (χ3v) is 3.77. The highest BCUT2D eigenvalue weighted by Gasteiger charge is 2.22. The molecule has 2 amide bonds. The van der Waals surface area contributed by atoms with Crippen molar-refractivity contribution in [2.24, 2.45) is 0 Å². The summed E-state index contributed by atoms with van der Waals surface area (Å²) in [5.74, 6) is 1.58. The van der Waals surface area contributed by atoms with Gasteiger partial charge < -0.3 is 19.7 Å². The molecule has 1 N–H and O–H groups in total. The van der Waals surface area contributed by atoms with Crippen LogP contribution in [0.1, 0.15) is 26.2 Å². The molecule has 1 heterocycles. The van der Waals surface area contributed by atoms with E-state index >= 15 is 0 Å². The molecule has 0 spiro atoms. The van der Waals surface area contributed by atoms with Crippen LogP contribution >= 0.6 is 0 Å². The molecule has 1 fully saturated rings. The smallest absolute Gasteiger partial charge is 0.317 e. The molecule has 0 radical (unpaired) electrons. The summed E-state index contributed by atoms with van der Waals surface area (Å²) in [5.41, 5.74) is 0. The number of amides is 2. The fraction of sp³-hybridized carbons (Fsp3) is 0.562. The Labute approximate surface area is 126 Å². The molecular weight excluding hydrogens is 268 g/mol. The normalized spacial score (nSPS) is 18.2. The third-order valence-electron chi connectivity index (χ3n) is 3.77. The van der Waals surface area contributed by atoms with Gasteiger partial charge in [0, 0.05) is 12.6 Å². The average Bonchev–Trinajstić information content (AvgIpc) is 2.52. The molecule has 1 aromatic carbocycles. The molecule has 1 saturated heterocycles. The molecule has 2 rings (SSSR count). The van der Waals surface area contributed by atoms with E-state index < -0.39 is 0 Å². The van der Waals surface area contributed by atoms with Crippen LogP contribution in [0.3, 0.4) is 0 Å². The van der Waals surface area contributed by atoms with Crippen LogP contribution in [0.4, 0.5) is 4.79 Å². The highest BCUT2D eigenvalue weighted by Crippen LogP contribution is 2.17. The third kappa shape index (κ3) is 4.55. The fourth-order valence-electron chi connectivity index (χ4n) is 2.50. The number of nitrogens with one attached hydrogen (secondary N) is 1. The van der Waals surface area contributed by atoms with E-state index in [1.807, 2.05) is 29.2 Å². The zero-order valence-corrected chi connectivity index (χ0v) is 12.8. The van der Waals surface area contributed by atoms with Gasteiger partial charge >= 0.3 is 6.03 Å². The van der Waals surface area contributed by atoms with Crippen LogP contribution in [0.2, 0.25) is 0 Å². The largest absolute Gasteiger partial charge is 0.497 e. The summed E-state index contributed by atoms with van der Waals surface area (Å²) in [6, 6.07) is 7.76. The SMILES string of the molecule is COc1ccc(OCCNC(=O)N2CCCCC2C)cc1. The first-order valence-corrected chi connectivity index (χ1v) is 7.52. The van der Waals surface area contributed by atoms with Crippen molar-refractivity contribution in [2.45, 2.75) is 32.2 Å². The Hall–Kier alpha value is -1.91. The Morgan fingerprint density at radius 1 is 1.29 bits per heavy atom. The molecule has 116 valence electrons. The number of hydrogen-bond acceptors (Lipinski definition) is 3. The van der Waals surface area contributed by atoms with Crippen molar-refractivity contribution in [3.63, 3.8) is 0 Å². The van der Waals surface area contributed by atoms with Crippen LogP contribution in [-0.4, -0.2) is 43.8 Å². The van der Waals surface area contributed by atoms with E-state index in [-0.39, 0.29) is 6.03 Å². The van der Waals surface area contributed by atoms with Gasteiger partial charge in [-0.2, -0.15) is 0 Å².